The molecule has 0 bridgehead atoms. The molecule has 0 unspecified atom stereocenters. The van der Waals surface area contributed by atoms with Crippen molar-refractivity contribution in [1.29, 1.82) is 0 Å². The summed E-state index contributed by atoms with van der Waals surface area (Å²) >= 11 is 3.03. The third-order valence-corrected chi connectivity index (χ3v) is 4.78. The van der Waals surface area contributed by atoms with Gasteiger partial charge in [-0.05, 0) is 29.8 Å². The molecule has 0 atom stereocenters. The van der Waals surface area contributed by atoms with Crippen LogP contribution >= 0.6 is 23.1 Å². The maximum atomic E-state index is 5.71. The van der Waals surface area contributed by atoms with Crippen LogP contribution in [0, 0.1) is 0 Å². The zero-order valence-corrected chi connectivity index (χ0v) is 13.3. The molecule has 0 aliphatic heterocycles. The van der Waals surface area contributed by atoms with Crippen LogP contribution in [0.1, 0.15) is 11.3 Å². The van der Waals surface area contributed by atoms with Crippen LogP contribution in [0.4, 0.5) is 5.13 Å². The number of nitrogens with zero attached hydrogens (tertiary/aromatic N) is 3. The summed E-state index contributed by atoms with van der Waals surface area (Å²) in [6, 6.07) is 13.8. The van der Waals surface area contributed by atoms with Gasteiger partial charge < -0.3 is 10.5 Å². The average Bonchev–Trinajstić information content (AvgIpc) is 2.98. The Morgan fingerprint density at radius 3 is 2.64 bits per heavy atom. The summed E-state index contributed by atoms with van der Waals surface area (Å²) in [7, 11) is 0. The molecule has 0 aliphatic rings. The van der Waals surface area contributed by atoms with Gasteiger partial charge in [-0.1, -0.05) is 41.3 Å². The third kappa shape index (κ3) is 4.19. The van der Waals surface area contributed by atoms with Gasteiger partial charge in [0.15, 0.2) is 4.34 Å². The highest BCUT2D eigenvalue weighted by Gasteiger charge is 2.03. The van der Waals surface area contributed by atoms with Gasteiger partial charge in [0.2, 0.25) is 5.13 Å². The van der Waals surface area contributed by atoms with Crippen LogP contribution < -0.4 is 10.5 Å². The van der Waals surface area contributed by atoms with Gasteiger partial charge in [0.1, 0.15) is 12.4 Å². The Hall–Kier alpha value is -2.12. The number of nitrogen functional groups attached to an aromatic ring is 1. The highest BCUT2D eigenvalue weighted by atomic mass is 32.2. The number of hydrogen-bond acceptors (Lipinski definition) is 7. The fourth-order valence-corrected chi connectivity index (χ4v) is 3.34. The topological polar surface area (TPSA) is 73.9 Å². The second kappa shape index (κ2) is 7.24. The number of ether oxygens (including phenoxy) is 1. The van der Waals surface area contributed by atoms with Crippen LogP contribution in [0.2, 0.25) is 0 Å². The number of hydrogen-bond donors (Lipinski definition) is 1. The Bertz CT molecular complexity index is 716. The molecule has 3 aromatic rings. The van der Waals surface area contributed by atoms with Gasteiger partial charge in [-0.2, -0.15) is 0 Å². The van der Waals surface area contributed by atoms with E-state index < -0.39 is 0 Å². The van der Waals surface area contributed by atoms with Crippen LogP contribution in [-0.4, -0.2) is 15.2 Å². The fourth-order valence-electron chi connectivity index (χ4n) is 1.75. The zero-order valence-electron chi connectivity index (χ0n) is 11.7. The number of anilines is 1. The molecule has 5 nitrogen and oxygen atoms in total. The van der Waals surface area contributed by atoms with E-state index in [1.165, 1.54) is 16.9 Å². The molecular formula is C15H14N4OS2. The van der Waals surface area contributed by atoms with Gasteiger partial charge in [0.05, 0.1) is 5.69 Å². The predicted octanol–water partition coefficient (Wildman–Crippen LogP) is 3.39. The van der Waals surface area contributed by atoms with Crippen molar-refractivity contribution in [3.8, 4) is 5.75 Å². The summed E-state index contributed by atoms with van der Waals surface area (Å²) in [6.07, 6.45) is 1.76. The molecule has 0 saturated carbocycles. The molecule has 7 heteroatoms. The lowest BCUT2D eigenvalue weighted by Crippen LogP contribution is -1.97. The highest BCUT2D eigenvalue weighted by Crippen LogP contribution is 2.27. The maximum Gasteiger partial charge on any atom is 0.203 e. The average molecular weight is 330 g/mol. The number of pyridine rings is 1. The molecule has 3 rings (SSSR count). The van der Waals surface area contributed by atoms with E-state index in [9.17, 15) is 0 Å². The lowest BCUT2D eigenvalue weighted by atomic mass is 10.2. The van der Waals surface area contributed by atoms with Gasteiger partial charge in [-0.25, -0.2) is 0 Å². The van der Waals surface area contributed by atoms with E-state index in [-0.39, 0.29) is 0 Å². The summed E-state index contributed by atoms with van der Waals surface area (Å²) in [6.45, 7) is 0.471. The van der Waals surface area contributed by atoms with Crippen LogP contribution in [0.25, 0.3) is 0 Å². The normalized spacial score (nSPS) is 10.5. The van der Waals surface area contributed by atoms with Crippen molar-refractivity contribution >= 4 is 28.2 Å². The van der Waals surface area contributed by atoms with Crippen molar-refractivity contribution in [2.45, 2.75) is 16.7 Å². The van der Waals surface area contributed by atoms with E-state index >= 15 is 0 Å². The largest absolute Gasteiger partial charge is 0.487 e. The van der Waals surface area contributed by atoms with Gasteiger partial charge in [0.25, 0.3) is 0 Å². The van der Waals surface area contributed by atoms with E-state index in [2.05, 4.69) is 15.2 Å². The second-order valence-corrected chi connectivity index (χ2v) is 6.68. The second-order valence-electron chi connectivity index (χ2n) is 4.45. The van der Waals surface area contributed by atoms with Crippen LogP contribution in [0.3, 0.4) is 0 Å². The van der Waals surface area contributed by atoms with Crippen molar-refractivity contribution < 1.29 is 4.74 Å². The molecule has 0 fully saturated rings. The van der Waals surface area contributed by atoms with Crippen molar-refractivity contribution in [2.24, 2.45) is 0 Å². The number of rotatable bonds is 6. The SMILES string of the molecule is Nc1nnc(SCc2ccc(OCc3ccccn3)cc2)s1. The first-order chi connectivity index (χ1) is 10.8. The Labute approximate surface area is 136 Å². The van der Waals surface area contributed by atoms with Crippen molar-refractivity contribution in [1.82, 2.24) is 15.2 Å². The molecule has 0 aliphatic carbocycles. The number of aromatic nitrogens is 3. The molecule has 2 aromatic heterocycles. The molecule has 2 N–H and O–H groups in total. The first kappa shape index (κ1) is 14.8. The standard InChI is InChI=1S/C15H14N4OS2/c16-14-18-19-15(22-14)21-10-11-4-6-13(7-5-11)20-9-12-3-1-2-8-17-12/h1-8H,9-10H2,(H2,16,18). The van der Waals surface area contributed by atoms with Gasteiger partial charge in [-0.3, -0.25) is 4.98 Å². The summed E-state index contributed by atoms with van der Waals surface area (Å²) < 4.78 is 6.59. The zero-order chi connectivity index (χ0) is 15.2. The Balaban J connectivity index is 1.51. The maximum absolute atomic E-state index is 5.71. The smallest absolute Gasteiger partial charge is 0.203 e. The molecule has 22 heavy (non-hydrogen) atoms. The molecule has 0 amide bonds. The summed E-state index contributed by atoms with van der Waals surface area (Å²) in [4.78, 5) is 4.23. The number of thioether (sulfide) groups is 1. The summed E-state index contributed by atoms with van der Waals surface area (Å²) in [5, 5.41) is 8.28. The lowest BCUT2D eigenvalue weighted by Gasteiger charge is -2.06. The van der Waals surface area contributed by atoms with E-state index in [4.69, 9.17) is 10.5 Å². The lowest BCUT2D eigenvalue weighted by molar-refractivity contribution is 0.301. The molecule has 2 heterocycles. The van der Waals surface area contributed by atoms with E-state index in [0.29, 0.717) is 11.7 Å². The summed E-state index contributed by atoms with van der Waals surface area (Å²) in [5.41, 5.74) is 7.67. The number of benzene rings is 1. The molecule has 1 aromatic carbocycles. The fraction of sp³-hybridized carbons (Fsp3) is 0.133. The Morgan fingerprint density at radius 2 is 1.95 bits per heavy atom. The predicted molar refractivity (Wildman–Crippen MR) is 88.9 cm³/mol. The van der Waals surface area contributed by atoms with Crippen molar-refractivity contribution in [3.05, 3.63) is 59.9 Å². The minimum atomic E-state index is 0.471. The highest BCUT2D eigenvalue weighted by molar-refractivity contribution is 8.00. The Kier molecular flexibility index (Phi) is 4.87. The van der Waals surface area contributed by atoms with Gasteiger partial charge in [0, 0.05) is 11.9 Å². The summed E-state index contributed by atoms with van der Waals surface area (Å²) in [5.74, 6) is 1.66. The van der Waals surface area contributed by atoms with Crippen LogP contribution in [-0.2, 0) is 12.4 Å². The Morgan fingerprint density at radius 1 is 1.09 bits per heavy atom. The van der Waals surface area contributed by atoms with E-state index in [1.54, 1.807) is 18.0 Å². The van der Waals surface area contributed by atoms with Gasteiger partial charge >= 0.3 is 0 Å². The monoisotopic (exact) mass is 330 g/mol. The minimum Gasteiger partial charge on any atom is -0.487 e. The van der Waals surface area contributed by atoms with Crippen LogP contribution in [0.15, 0.2) is 53.0 Å². The minimum absolute atomic E-state index is 0.471. The van der Waals surface area contributed by atoms with Crippen molar-refractivity contribution in [3.63, 3.8) is 0 Å². The molecule has 0 radical (unpaired) electrons. The third-order valence-electron chi connectivity index (χ3n) is 2.82. The van der Waals surface area contributed by atoms with E-state index in [1.807, 2.05) is 42.5 Å². The molecule has 0 saturated heterocycles. The molecule has 0 spiro atoms. The van der Waals surface area contributed by atoms with Crippen LogP contribution in [0.5, 0.6) is 5.75 Å². The van der Waals surface area contributed by atoms with Crippen molar-refractivity contribution in [2.75, 3.05) is 5.73 Å². The van der Waals surface area contributed by atoms with E-state index in [0.717, 1.165) is 21.5 Å². The van der Waals surface area contributed by atoms with Gasteiger partial charge in [-0.15, -0.1) is 10.2 Å². The molecule has 112 valence electrons. The first-order valence-electron chi connectivity index (χ1n) is 6.63. The quantitative estimate of drug-likeness (QED) is 0.698. The molecular weight excluding hydrogens is 316 g/mol. The first-order valence-corrected chi connectivity index (χ1v) is 8.43. The number of nitrogens with two attached hydrogens (primary N) is 1.